The second-order valence-electron chi connectivity index (χ2n) is 9.96. The van der Waals surface area contributed by atoms with Gasteiger partial charge in [-0.1, -0.05) is 16.0 Å². The Hall–Kier alpha value is -1.37. The highest BCUT2D eigenvalue weighted by Crippen LogP contribution is 2.44. The Morgan fingerprint density at radius 1 is 1.21 bits per heavy atom. The number of thiophene rings is 1. The highest BCUT2D eigenvalue weighted by Gasteiger charge is 2.38. The normalized spacial score (nSPS) is 18.4. The van der Waals surface area contributed by atoms with Crippen LogP contribution in [0.5, 0.6) is 0 Å². The van der Waals surface area contributed by atoms with Crippen LogP contribution in [-0.4, -0.2) is 42.0 Å². The van der Waals surface area contributed by atoms with Gasteiger partial charge in [0.25, 0.3) is 0 Å². The van der Waals surface area contributed by atoms with E-state index in [1.807, 2.05) is 20.8 Å². The number of carbonyl (C=O) groups is 1. The number of likely N-dealkylation sites (tertiary alicyclic amines) is 1. The number of aliphatic hydroxyl groups is 1. The number of nitrogens with zero attached hydrogens (tertiary/aromatic N) is 1. The minimum atomic E-state index is -1.30. The lowest BCUT2D eigenvalue weighted by atomic mass is 9.84. The van der Waals surface area contributed by atoms with Gasteiger partial charge in [-0.2, -0.15) is 0 Å². The lowest BCUT2D eigenvalue weighted by Crippen LogP contribution is -2.46. The molecule has 1 aromatic heterocycles. The first-order valence-corrected chi connectivity index (χ1v) is 15.6. The zero-order valence-electron chi connectivity index (χ0n) is 18.3. The van der Waals surface area contributed by atoms with Crippen LogP contribution in [0.15, 0.2) is 23.6 Å². The van der Waals surface area contributed by atoms with Gasteiger partial charge < -0.3 is 14.7 Å². The molecule has 2 heterocycles. The Balaban J connectivity index is 1.82. The SMILES string of the molecule is Cc1c[s+]([Si](C)(C)C)c2ccc(C3(O)CCN(C(=O)OC(C)(C)C)CC3)cc12. The van der Waals surface area contributed by atoms with Gasteiger partial charge in [0, 0.05) is 24.0 Å². The summed E-state index contributed by atoms with van der Waals surface area (Å²) in [5.41, 5.74) is 0.928. The van der Waals surface area contributed by atoms with E-state index in [0.29, 0.717) is 25.9 Å². The van der Waals surface area contributed by atoms with E-state index in [1.165, 1.54) is 15.6 Å². The van der Waals surface area contributed by atoms with Crippen LogP contribution >= 0.6 is 9.92 Å². The standard InChI is InChI=1S/C22H34NO3SSi/c1-16-15-27(28(5,6)7)19-9-8-17(14-18(16)19)22(25)10-12-23(13-11-22)20(24)26-21(2,3)4/h8-9,14-15,25H,10-13H2,1-7H3/q+1. The number of fused-ring (bicyclic) bond motifs is 1. The second kappa shape index (κ2) is 7.15. The molecule has 1 amide bonds. The molecule has 0 bridgehead atoms. The molecule has 2 aromatic rings. The van der Waals surface area contributed by atoms with Crippen molar-refractivity contribution in [2.45, 2.75) is 71.4 Å². The fourth-order valence-corrected chi connectivity index (χ4v) is 10.2. The van der Waals surface area contributed by atoms with Gasteiger partial charge in [-0.15, -0.1) is 0 Å². The Bertz CT molecular complexity index is 884. The van der Waals surface area contributed by atoms with E-state index in [9.17, 15) is 9.90 Å². The van der Waals surface area contributed by atoms with E-state index in [-0.39, 0.29) is 16.0 Å². The van der Waals surface area contributed by atoms with Crippen molar-refractivity contribution in [3.8, 4) is 0 Å². The quantitative estimate of drug-likeness (QED) is 0.493. The smallest absolute Gasteiger partial charge is 0.410 e. The van der Waals surface area contributed by atoms with Gasteiger partial charge in [-0.25, -0.2) is 4.79 Å². The van der Waals surface area contributed by atoms with Gasteiger partial charge >= 0.3 is 13.3 Å². The lowest BCUT2D eigenvalue weighted by Gasteiger charge is -2.39. The van der Waals surface area contributed by atoms with Crippen molar-refractivity contribution in [3.05, 3.63) is 34.7 Å². The van der Waals surface area contributed by atoms with Crippen molar-refractivity contribution < 1.29 is 14.6 Å². The summed E-state index contributed by atoms with van der Waals surface area (Å²) in [5.74, 6) is 0. The molecule has 1 aromatic carbocycles. The van der Waals surface area contributed by atoms with Crippen LogP contribution in [0, 0.1) is 6.92 Å². The molecule has 154 valence electrons. The molecule has 0 radical (unpaired) electrons. The Morgan fingerprint density at radius 3 is 2.36 bits per heavy atom. The monoisotopic (exact) mass is 420 g/mol. The minimum absolute atomic E-state index is 0.228. The van der Waals surface area contributed by atoms with Gasteiger partial charge in [0.05, 0.1) is 5.60 Å². The number of piperidine rings is 1. The molecule has 4 nitrogen and oxygen atoms in total. The molecule has 0 saturated carbocycles. The van der Waals surface area contributed by atoms with Gasteiger partial charge in [0.2, 0.25) is 0 Å². The Morgan fingerprint density at radius 2 is 1.82 bits per heavy atom. The highest BCUT2D eigenvalue weighted by atomic mass is 32.4. The van der Waals surface area contributed by atoms with E-state index in [0.717, 1.165) is 5.56 Å². The number of hydrogen-bond donors (Lipinski definition) is 1. The summed E-state index contributed by atoms with van der Waals surface area (Å²) < 4.78 is 6.91. The summed E-state index contributed by atoms with van der Waals surface area (Å²) in [6.07, 6.45) is 0.780. The summed E-state index contributed by atoms with van der Waals surface area (Å²) in [7, 11) is -1.08. The topological polar surface area (TPSA) is 49.8 Å². The second-order valence-corrected chi connectivity index (χ2v) is 20.5. The molecule has 1 unspecified atom stereocenters. The third kappa shape index (κ3) is 4.29. The molecular formula is C22H34NO3SSi+. The largest absolute Gasteiger partial charge is 0.444 e. The number of benzene rings is 1. The van der Waals surface area contributed by atoms with E-state index in [2.05, 4.69) is 50.1 Å². The van der Waals surface area contributed by atoms with Gasteiger partial charge in [-0.3, -0.25) is 0 Å². The number of aryl methyl sites for hydroxylation is 1. The van der Waals surface area contributed by atoms with E-state index >= 15 is 0 Å². The fraction of sp³-hybridized carbons (Fsp3) is 0.591. The lowest BCUT2D eigenvalue weighted by molar-refractivity contribution is -0.0355. The average Bonchev–Trinajstić information content (AvgIpc) is 2.91. The molecule has 3 rings (SSSR count). The first-order valence-electron chi connectivity index (χ1n) is 10.1. The van der Waals surface area contributed by atoms with Crippen molar-refractivity contribution in [2.24, 2.45) is 0 Å². The fourth-order valence-electron chi connectivity index (χ4n) is 3.80. The summed E-state index contributed by atoms with van der Waals surface area (Å²) in [6, 6.07) is 6.53. The number of amides is 1. The number of hydrogen-bond acceptors (Lipinski definition) is 3. The van der Waals surface area contributed by atoms with Crippen LogP contribution < -0.4 is 0 Å². The Labute approximate surface area is 172 Å². The number of carbonyl (C=O) groups excluding carboxylic acids is 1. The predicted molar refractivity (Wildman–Crippen MR) is 121 cm³/mol. The van der Waals surface area contributed by atoms with E-state index < -0.39 is 18.4 Å². The van der Waals surface area contributed by atoms with Gasteiger partial charge in [0.1, 0.15) is 11.0 Å². The average molecular weight is 421 g/mol. The zero-order valence-corrected chi connectivity index (χ0v) is 20.1. The first-order chi connectivity index (χ1) is 12.8. The maximum atomic E-state index is 12.3. The molecular weight excluding hydrogens is 386 g/mol. The summed E-state index contributed by atoms with van der Waals surface area (Å²) in [4.78, 5) is 14.0. The minimum Gasteiger partial charge on any atom is -0.444 e. The zero-order chi connectivity index (χ0) is 20.9. The third-order valence-electron chi connectivity index (χ3n) is 5.38. The molecule has 1 aliphatic heterocycles. The highest BCUT2D eigenvalue weighted by molar-refractivity contribution is 7.77. The van der Waals surface area contributed by atoms with Gasteiger partial charge in [0.15, 0.2) is 4.70 Å². The molecule has 1 saturated heterocycles. The van der Waals surface area contributed by atoms with Crippen LogP contribution in [0.25, 0.3) is 10.1 Å². The van der Waals surface area contributed by atoms with Gasteiger partial charge in [-0.05, 0) is 77.9 Å². The van der Waals surface area contributed by atoms with E-state index in [4.69, 9.17) is 4.74 Å². The van der Waals surface area contributed by atoms with Crippen LogP contribution in [0.1, 0.15) is 44.7 Å². The molecule has 6 heteroatoms. The molecule has 1 N–H and O–H groups in total. The first kappa shape index (κ1) is 21.3. The Kier molecular flexibility index (Phi) is 5.45. The van der Waals surface area contributed by atoms with Crippen LogP contribution in [0.2, 0.25) is 19.6 Å². The predicted octanol–water partition coefficient (Wildman–Crippen LogP) is 5.80. The van der Waals surface area contributed by atoms with Crippen molar-refractivity contribution >= 4 is 33.3 Å². The number of rotatable bonds is 2. The maximum Gasteiger partial charge on any atom is 0.410 e. The maximum absolute atomic E-state index is 12.3. The summed E-state index contributed by atoms with van der Waals surface area (Å²) in [5, 5.41) is 15.1. The molecule has 0 aliphatic carbocycles. The third-order valence-corrected chi connectivity index (χ3v) is 13.1. The van der Waals surface area contributed by atoms with Crippen molar-refractivity contribution in [1.82, 2.24) is 4.90 Å². The summed E-state index contributed by atoms with van der Waals surface area (Å²) >= 11 is 0. The molecule has 1 atom stereocenters. The molecule has 1 aliphatic rings. The molecule has 1 fully saturated rings. The van der Waals surface area contributed by atoms with Crippen LogP contribution in [0.4, 0.5) is 4.79 Å². The van der Waals surface area contributed by atoms with Crippen molar-refractivity contribution in [2.75, 3.05) is 13.1 Å². The van der Waals surface area contributed by atoms with E-state index in [1.54, 1.807) is 4.90 Å². The molecule has 0 spiro atoms. The van der Waals surface area contributed by atoms with Crippen LogP contribution in [0.3, 0.4) is 0 Å². The summed E-state index contributed by atoms with van der Waals surface area (Å²) in [6.45, 7) is 16.1. The number of ether oxygens (including phenoxy) is 1. The van der Waals surface area contributed by atoms with Crippen molar-refractivity contribution in [3.63, 3.8) is 0 Å². The van der Waals surface area contributed by atoms with Crippen LogP contribution in [-0.2, 0) is 10.3 Å². The molecule has 28 heavy (non-hydrogen) atoms. The van der Waals surface area contributed by atoms with Crippen molar-refractivity contribution in [1.29, 1.82) is 0 Å².